The van der Waals surface area contributed by atoms with Crippen molar-refractivity contribution in [2.45, 2.75) is 39.7 Å². The first-order chi connectivity index (χ1) is 7.50. The summed E-state index contributed by atoms with van der Waals surface area (Å²) in [6.07, 6.45) is 5.31. The Labute approximate surface area is 110 Å². The second-order valence-corrected chi connectivity index (χ2v) is 5.68. The molecule has 1 aromatic heterocycles. The first kappa shape index (κ1) is 13.5. The van der Waals surface area contributed by atoms with Gasteiger partial charge in [-0.2, -0.15) is 0 Å². The number of halogens is 1. The SMILES string of the molecule is CC(C)CCCCn1cc(I)cc1C(=O)O. The fourth-order valence-electron chi connectivity index (χ4n) is 1.67. The van der Waals surface area contributed by atoms with Gasteiger partial charge < -0.3 is 9.67 Å². The summed E-state index contributed by atoms with van der Waals surface area (Å²) in [5.74, 6) is -0.115. The van der Waals surface area contributed by atoms with Crippen LogP contribution < -0.4 is 0 Å². The highest BCUT2D eigenvalue weighted by molar-refractivity contribution is 14.1. The van der Waals surface area contributed by atoms with Gasteiger partial charge in [0.05, 0.1) is 0 Å². The molecule has 0 saturated carbocycles. The lowest BCUT2D eigenvalue weighted by atomic mass is 10.1. The summed E-state index contributed by atoms with van der Waals surface area (Å²) < 4.78 is 2.82. The Morgan fingerprint density at radius 1 is 1.50 bits per heavy atom. The van der Waals surface area contributed by atoms with Crippen LogP contribution in [0.2, 0.25) is 0 Å². The fourth-order valence-corrected chi connectivity index (χ4v) is 2.30. The molecule has 0 aromatic carbocycles. The van der Waals surface area contributed by atoms with Gasteiger partial charge in [-0.25, -0.2) is 4.79 Å². The molecule has 3 nitrogen and oxygen atoms in total. The average Bonchev–Trinajstić information content (AvgIpc) is 2.54. The second kappa shape index (κ2) is 6.27. The second-order valence-electron chi connectivity index (χ2n) is 4.43. The maximum absolute atomic E-state index is 11.0. The molecule has 0 saturated heterocycles. The van der Waals surface area contributed by atoms with Gasteiger partial charge in [0, 0.05) is 16.3 Å². The van der Waals surface area contributed by atoms with Crippen molar-refractivity contribution in [3.8, 4) is 0 Å². The monoisotopic (exact) mass is 335 g/mol. The highest BCUT2D eigenvalue weighted by Gasteiger charge is 2.10. The van der Waals surface area contributed by atoms with Crippen LogP contribution >= 0.6 is 22.6 Å². The molecule has 0 spiro atoms. The number of hydrogen-bond acceptors (Lipinski definition) is 1. The molecule has 0 fully saturated rings. The van der Waals surface area contributed by atoms with Gasteiger partial charge in [0.25, 0.3) is 0 Å². The fraction of sp³-hybridized carbons (Fsp3) is 0.583. The zero-order valence-corrected chi connectivity index (χ0v) is 11.9. The summed E-state index contributed by atoms with van der Waals surface area (Å²) in [6, 6.07) is 1.71. The molecule has 90 valence electrons. The normalized spacial score (nSPS) is 11.0. The summed E-state index contributed by atoms with van der Waals surface area (Å²) >= 11 is 2.15. The van der Waals surface area contributed by atoms with Gasteiger partial charge >= 0.3 is 5.97 Å². The molecule has 0 amide bonds. The number of carbonyl (C=O) groups is 1. The number of aromatic nitrogens is 1. The Morgan fingerprint density at radius 2 is 2.19 bits per heavy atom. The van der Waals surface area contributed by atoms with Crippen molar-refractivity contribution in [2.24, 2.45) is 5.92 Å². The lowest BCUT2D eigenvalue weighted by molar-refractivity contribution is 0.0685. The summed E-state index contributed by atoms with van der Waals surface area (Å²) in [5, 5.41) is 9.00. The Hall–Kier alpha value is -0.520. The third-order valence-corrected chi connectivity index (χ3v) is 3.10. The number of rotatable bonds is 6. The van der Waals surface area contributed by atoms with Crippen molar-refractivity contribution < 1.29 is 9.90 Å². The van der Waals surface area contributed by atoms with Crippen LogP contribution in [-0.2, 0) is 6.54 Å². The summed E-state index contributed by atoms with van der Waals surface area (Å²) in [4.78, 5) is 11.0. The Bertz CT molecular complexity index is 358. The summed E-state index contributed by atoms with van der Waals surface area (Å²) in [5.41, 5.74) is 0.397. The smallest absolute Gasteiger partial charge is 0.352 e. The minimum absolute atomic E-state index is 0.397. The Kier molecular flexibility index (Phi) is 5.31. The molecule has 4 heteroatoms. The molecule has 16 heavy (non-hydrogen) atoms. The van der Waals surface area contributed by atoms with Crippen LogP contribution in [0.3, 0.4) is 0 Å². The highest BCUT2D eigenvalue weighted by Crippen LogP contribution is 2.14. The molecular weight excluding hydrogens is 317 g/mol. The lowest BCUT2D eigenvalue weighted by Gasteiger charge is -2.07. The van der Waals surface area contributed by atoms with Gasteiger partial charge in [0.1, 0.15) is 5.69 Å². The maximum Gasteiger partial charge on any atom is 0.352 e. The van der Waals surface area contributed by atoms with Crippen LogP contribution in [0.4, 0.5) is 0 Å². The molecule has 0 atom stereocenters. The van der Waals surface area contributed by atoms with Crippen molar-refractivity contribution in [2.75, 3.05) is 0 Å². The first-order valence-electron chi connectivity index (χ1n) is 5.59. The van der Waals surface area contributed by atoms with E-state index >= 15 is 0 Å². The molecule has 1 aromatic rings. The minimum Gasteiger partial charge on any atom is -0.477 e. The number of carboxylic acids is 1. The quantitative estimate of drug-likeness (QED) is 0.637. The predicted molar refractivity (Wildman–Crippen MR) is 72.8 cm³/mol. The molecule has 0 aliphatic heterocycles. The molecule has 0 radical (unpaired) electrons. The van der Waals surface area contributed by atoms with E-state index in [4.69, 9.17) is 5.11 Å². The molecule has 0 aliphatic carbocycles. The van der Waals surface area contributed by atoms with Crippen molar-refractivity contribution >= 4 is 28.6 Å². The Morgan fingerprint density at radius 3 is 2.75 bits per heavy atom. The van der Waals surface area contributed by atoms with Gasteiger partial charge in [-0.1, -0.05) is 26.7 Å². The van der Waals surface area contributed by atoms with E-state index in [1.54, 1.807) is 6.07 Å². The van der Waals surface area contributed by atoms with E-state index in [0.29, 0.717) is 5.69 Å². The minimum atomic E-state index is -0.841. The zero-order valence-electron chi connectivity index (χ0n) is 9.74. The zero-order chi connectivity index (χ0) is 12.1. The third-order valence-electron chi connectivity index (χ3n) is 2.51. The van der Waals surface area contributed by atoms with Crippen molar-refractivity contribution in [1.29, 1.82) is 0 Å². The number of hydrogen-bond donors (Lipinski definition) is 1. The van der Waals surface area contributed by atoms with Gasteiger partial charge in [-0.15, -0.1) is 0 Å². The topological polar surface area (TPSA) is 42.2 Å². The van der Waals surface area contributed by atoms with Crippen LogP contribution in [0.1, 0.15) is 43.6 Å². The summed E-state index contributed by atoms with van der Waals surface area (Å²) in [6.45, 7) is 5.22. The van der Waals surface area contributed by atoms with E-state index in [0.717, 1.165) is 28.9 Å². The number of carboxylic acid groups (broad SMARTS) is 1. The van der Waals surface area contributed by atoms with Crippen LogP contribution in [0.5, 0.6) is 0 Å². The Balaban J connectivity index is 2.50. The number of unbranched alkanes of at least 4 members (excludes halogenated alkanes) is 1. The van der Waals surface area contributed by atoms with Crippen LogP contribution in [0, 0.1) is 9.49 Å². The van der Waals surface area contributed by atoms with E-state index in [1.807, 2.05) is 10.8 Å². The number of nitrogens with zero attached hydrogens (tertiary/aromatic N) is 1. The van der Waals surface area contributed by atoms with Crippen LogP contribution in [0.15, 0.2) is 12.3 Å². The van der Waals surface area contributed by atoms with Gasteiger partial charge in [-0.3, -0.25) is 0 Å². The van der Waals surface area contributed by atoms with Crippen molar-refractivity contribution in [3.63, 3.8) is 0 Å². The molecule has 0 unspecified atom stereocenters. The molecule has 0 aliphatic rings. The highest BCUT2D eigenvalue weighted by atomic mass is 127. The van der Waals surface area contributed by atoms with Gasteiger partial charge in [0.15, 0.2) is 0 Å². The largest absolute Gasteiger partial charge is 0.477 e. The molecule has 1 rings (SSSR count). The van der Waals surface area contributed by atoms with Gasteiger partial charge in [0.2, 0.25) is 0 Å². The van der Waals surface area contributed by atoms with Crippen LogP contribution in [-0.4, -0.2) is 15.6 Å². The van der Waals surface area contributed by atoms with E-state index in [1.165, 1.54) is 6.42 Å². The van der Waals surface area contributed by atoms with E-state index in [9.17, 15) is 4.79 Å². The summed E-state index contributed by atoms with van der Waals surface area (Å²) in [7, 11) is 0. The van der Waals surface area contributed by atoms with Crippen LogP contribution in [0.25, 0.3) is 0 Å². The standard InChI is InChI=1S/C12H18INO2/c1-9(2)5-3-4-6-14-8-10(13)7-11(14)12(15)16/h7-9H,3-6H2,1-2H3,(H,15,16). The molecule has 1 heterocycles. The van der Waals surface area contributed by atoms with Crippen molar-refractivity contribution in [1.82, 2.24) is 4.57 Å². The number of aromatic carboxylic acids is 1. The van der Waals surface area contributed by atoms with Crippen molar-refractivity contribution in [3.05, 3.63) is 21.5 Å². The van der Waals surface area contributed by atoms with E-state index in [2.05, 4.69) is 36.4 Å². The molecular formula is C12H18INO2. The molecule has 0 bridgehead atoms. The average molecular weight is 335 g/mol. The third kappa shape index (κ3) is 4.15. The van der Waals surface area contributed by atoms with E-state index < -0.39 is 5.97 Å². The first-order valence-corrected chi connectivity index (χ1v) is 6.67. The molecule has 1 N–H and O–H groups in total. The predicted octanol–water partition coefficient (Wildman–Crippen LogP) is 3.62. The lowest BCUT2D eigenvalue weighted by Crippen LogP contribution is -2.07. The van der Waals surface area contributed by atoms with Gasteiger partial charge in [-0.05, 0) is 41.0 Å². The maximum atomic E-state index is 11.0. The number of aryl methyl sites for hydroxylation is 1. The van der Waals surface area contributed by atoms with E-state index in [-0.39, 0.29) is 0 Å².